The smallest absolute Gasteiger partial charge is 0.273 e. The number of non-ortho nitro benzene ring substituents is 1. The molecule has 0 aliphatic rings. The summed E-state index contributed by atoms with van der Waals surface area (Å²) in [4.78, 5) is 14.8. The minimum atomic E-state index is -0.498. The van der Waals surface area contributed by atoms with Crippen molar-refractivity contribution in [2.75, 3.05) is 7.11 Å². The molecule has 128 valence electrons. The van der Waals surface area contributed by atoms with Crippen LogP contribution in [0.3, 0.4) is 0 Å². The third-order valence-corrected chi connectivity index (χ3v) is 4.32. The van der Waals surface area contributed by atoms with E-state index >= 15 is 0 Å². The molecule has 0 spiro atoms. The predicted molar refractivity (Wildman–Crippen MR) is 91.5 cm³/mol. The highest BCUT2D eigenvalue weighted by molar-refractivity contribution is 7.13. The predicted octanol–water partition coefficient (Wildman–Crippen LogP) is 4.45. The summed E-state index contributed by atoms with van der Waals surface area (Å²) in [6, 6.07) is 10.2. The van der Waals surface area contributed by atoms with Crippen LogP contribution in [0.5, 0.6) is 11.5 Å². The Morgan fingerprint density at radius 3 is 2.64 bits per heavy atom. The third kappa shape index (κ3) is 3.92. The van der Waals surface area contributed by atoms with Crippen molar-refractivity contribution < 1.29 is 18.8 Å². The lowest BCUT2D eigenvalue weighted by atomic mass is 10.2. The highest BCUT2D eigenvalue weighted by atomic mass is 32.1. The molecule has 0 aliphatic heterocycles. The number of ether oxygens (including phenoxy) is 2. The summed E-state index contributed by atoms with van der Waals surface area (Å²) in [6.07, 6.45) is 0. The van der Waals surface area contributed by atoms with Gasteiger partial charge in [-0.25, -0.2) is 9.37 Å². The average Bonchev–Trinajstić information content (AvgIpc) is 3.09. The van der Waals surface area contributed by atoms with E-state index in [0.29, 0.717) is 11.4 Å². The van der Waals surface area contributed by atoms with Crippen LogP contribution < -0.4 is 9.47 Å². The number of benzene rings is 2. The van der Waals surface area contributed by atoms with E-state index in [-0.39, 0.29) is 23.9 Å². The van der Waals surface area contributed by atoms with E-state index in [1.807, 2.05) is 5.38 Å². The SMILES string of the molecule is COc1ccc([N+](=O)[O-])cc1OCc1csc(-c2ccc(F)cc2)n1. The molecule has 0 amide bonds. The number of hydrogen-bond donors (Lipinski definition) is 0. The van der Waals surface area contributed by atoms with Crippen LogP contribution in [0.4, 0.5) is 10.1 Å². The second-order valence-electron chi connectivity index (χ2n) is 5.03. The van der Waals surface area contributed by atoms with Crippen LogP contribution in [0.2, 0.25) is 0 Å². The lowest BCUT2D eigenvalue weighted by Gasteiger charge is -2.09. The van der Waals surface area contributed by atoms with E-state index in [2.05, 4.69) is 4.98 Å². The number of methoxy groups -OCH3 is 1. The highest BCUT2D eigenvalue weighted by Crippen LogP contribution is 2.32. The fraction of sp³-hybridized carbons (Fsp3) is 0.118. The summed E-state index contributed by atoms with van der Waals surface area (Å²) in [5.74, 6) is 0.370. The van der Waals surface area contributed by atoms with Gasteiger partial charge in [0.25, 0.3) is 5.69 Å². The molecule has 8 heteroatoms. The van der Waals surface area contributed by atoms with Crippen LogP contribution in [0.25, 0.3) is 10.6 Å². The normalized spacial score (nSPS) is 10.5. The summed E-state index contributed by atoms with van der Waals surface area (Å²) < 4.78 is 23.8. The Kier molecular flexibility index (Phi) is 4.90. The molecule has 0 atom stereocenters. The van der Waals surface area contributed by atoms with Crippen molar-refractivity contribution in [2.24, 2.45) is 0 Å². The number of nitro groups is 1. The number of nitrogens with zero attached hydrogens (tertiary/aromatic N) is 2. The maximum absolute atomic E-state index is 13.0. The van der Waals surface area contributed by atoms with E-state index in [1.165, 1.54) is 48.8 Å². The van der Waals surface area contributed by atoms with Crippen LogP contribution in [-0.4, -0.2) is 17.0 Å². The molecule has 1 aromatic heterocycles. The van der Waals surface area contributed by atoms with Crippen molar-refractivity contribution >= 4 is 17.0 Å². The molecule has 6 nitrogen and oxygen atoms in total. The van der Waals surface area contributed by atoms with Gasteiger partial charge in [-0.1, -0.05) is 0 Å². The van der Waals surface area contributed by atoms with Crippen LogP contribution in [0.1, 0.15) is 5.69 Å². The Morgan fingerprint density at radius 1 is 1.20 bits per heavy atom. The summed E-state index contributed by atoms with van der Waals surface area (Å²) in [6.45, 7) is 0.134. The summed E-state index contributed by atoms with van der Waals surface area (Å²) in [5, 5.41) is 13.4. The second kappa shape index (κ2) is 7.27. The number of rotatable bonds is 6. The fourth-order valence-electron chi connectivity index (χ4n) is 2.14. The lowest BCUT2D eigenvalue weighted by molar-refractivity contribution is -0.385. The van der Waals surface area contributed by atoms with Gasteiger partial charge in [-0.3, -0.25) is 10.1 Å². The Morgan fingerprint density at radius 2 is 1.96 bits per heavy atom. The molecule has 3 rings (SSSR count). The standard InChI is InChI=1S/C17H13FN2O4S/c1-23-15-7-6-14(20(21)22)8-16(15)24-9-13-10-25-17(19-13)11-2-4-12(18)5-3-11/h2-8,10H,9H2,1H3. The molecule has 0 saturated carbocycles. The van der Waals surface area contributed by atoms with Gasteiger partial charge < -0.3 is 9.47 Å². The zero-order valence-electron chi connectivity index (χ0n) is 13.1. The zero-order chi connectivity index (χ0) is 17.8. The number of thiazole rings is 1. The van der Waals surface area contributed by atoms with Crippen LogP contribution in [-0.2, 0) is 6.61 Å². The van der Waals surface area contributed by atoms with Gasteiger partial charge in [-0.05, 0) is 30.3 Å². The minimum absolute atomic E-state index is 0.0823. The van der Waals surface area contributed by atoms with Gasteiger partial charge in [0.05, 0.1) is 23.8 Å². The molecule has 25 heavy (non-hydrogen) atoms. The van der Waals surface area contributed by atoms with E-state index in [0.717, 1.165) is 10.6 Å². The Labute approximate surface area is 146 Å². The molecule has 0 aliphatic carbocycles. The third-order valence-electron chi connectivity index (χ3n) is 3.38. The molecule has 3 aromatic rings. The molecule has 0 bridgehead atoms. The summed E-state index contributed by atoms with van der Waals surface area (Å²) >= 11 is 1.41. The highest BCUT2D eigenvalue weighted by Gasteiger charge is 2.13. The molecular formula is C17H13FN2O4S. The molecule has 2 aromatic carbocycles. The maximum Gasteiger partial charge on any atom is 0.273 e. The summed E-state index contributed by atoms with van der Waals surface area (Å²) in [5.41, 5.74) is 1.39. The molecule has 0 N–H and O–H groups in total. The quantitative estimate of drug-likeness (QED) is 0.480. The largest absolute Gasteiger partial charge is 0.493 e. The van der Waals surface area contributed by atoms with Crippen LogP contribution in [0, 0.1) is 15.9 Å². The molecule has 1 heterocycles. The van der Waals surface area contributed by atoms with Gasteiger partial charge in [0.15, 0.2) is 11.5 Å². The molecule has 0 fully saturated rings. The van der Waals surface area contributed by atoms with Crippen molar-refractivity contribution in [1.82, 2.24) is 4.98 Å². The van der Waals surface area contributed by atoms with Crippen LogP contribution >= 0.6 is 11.3 Å². The van der Waals surface area contributed by atoms with Crippen molar-refractivity contribution in [1.29, 1.82) is 0 Å². The maximum atomic E-state index is 13.0. The number of nitro benzene ring substituents is 1. The number of hydrogen-bond acceptors (Lipinski definition) is 6. The van der Waals surface area contributed by atoms with Crippen molar-refractivity contribution in [3.8, 4) is 22.1 Å². The van der Waals surface area contributed by atoms with E-state index in [4.69, 9.17) is 9.47 Å². The Balaban J connectivity index is 1.75. The molecule has 0 unspecified atom stereocenters. The fourth-order valence-corrected chi connectivity index (χ4v) is 2.95. The van der Waals surface area contributed by atoms with Crippen molar-refractivity contribution in [3.63, 3.8) is 0 Å². The number of aromatic nitrogens is 1. The monoisotopic (exact) mass is 360 g/mol. The van der Waals surface area contributed by atoms with Gasteiger partial charge in [0, 0.05) is 17.0 Å². The first-order chi connectivity index (χ1) is 12.1. The van der Waals surface area contributed by atoms with Gasteiger partial charge in [-0.15, -0.1) is 11.3 Å². The van der Waals surface area contributed by atoms with Crippen molar-refractivity contribution in [3.05, 3.63) is 69.5 Å². The molecular weight excluding hydrogens is 347 g/mol. The second-order valence-corrected chi connectivity index (χ2v) is 5.89. The Hall–Kier alpha value is -3.00. The van der Waals surface area contributed by atoms with Gasteiger partial charge in [0.2, 0.25) is 0 Å². The van der Waals surface area contributed by atoms with Crippen molar-refractivity contribution in [2.45, 2.75) is 6.61 Å². The minimum Gasteiger partial charge on any atom is -0.493 e. The van der Waals surface area contributed by atoms with Gasteiger partial charge in [0.1, 0.15) is 17.4 Å². The first-order valence-electron chi connectivity index (χ1n) is 7.22. The first kappa shape index (κ1) is 16.8. The lowest BCUT2D eigenvalue weighted by Crippen LogP contribution is -1.99. The van der Waals surface area contributed by atoms with E-state index in [1.54, 1.807) is 12.1 Å². The van der Waals surface area contributed by atoms with Gasteiger partial charge in [-0.2, -0.15) is 0 Å². The zero-order valence-corrected chi connectivity index (χ0v) is 14.0. The number of halogens is 1. The topological polar surface area (TPSA) is 74.5 Å². The van der Waals surface area contributed by atoms with E-state index in [9.17, 15) is 14.5 Å². The molecule has 0 saturated heterocycles. The van der Waals surface area contributed by atoms with E-state index < -0.39 is 4.92 Å². The first-order valence-corrected chi connectivity index (χ1v) is 8.10. The van der Waals surface area contributed by atoms with Crippen LogP contribution in [0.15, 0.2) is 47.8 Å². The summed E-state index contributed by atoms with van der Waals surface area (Å²) in [7, 11) is 1.46. The average molecular weight is 360 g/mol. The Bertz CT molecular complexity index is 896. The molecule has 0 radical (unpaired) electrons. The van der Waals surface area contributed by atoms with Gasteiger partial charge >= 0.3 is 0 Å².